The molecule has 3 rings (SSSR count). The summed E-state index contributed by atoms with van der Waals surface area (Å²) < 4.78 is 0. The largest absolute Gasteiger partial charge is 0.369 e. The van der Waals surface area contributed by atoms with Gasteiger partial charge in [-0.25, -0.2) is 0 Å². The van der Waals surface area contributed by atoms with Gasteiger partial charge in [0.25, 0.3) is 0 Å². The predicted octanol–water partition coefficient (Wildman–Crippen LogP) is 3.52. The van der Waals surface area contributed by atoms with Crippen molar-refractivity contribution in [3.8, 4) is 0 Å². The smallest absolute Gasteiger partial charge is 0.196 e. The Hall–Kier alpha value is -2.00. The predicted molar refractivity (Wildman–Crippen MR) is 84.3 cm³/mol. The van der Waals surface area contributed by atoms with Crippen LogP contribution in [0.4, 0.5) is 5.69 Å². The molecule has 102 valence electrons. The maximum Gasteiger partial charge on any atom is 0.196 e. The molecule has 0 saturated carbocycles. The van der Waals surface area contributed by atoms with E-state index in [2.05, 4.69) is 35.0 Å². The maximum atomic E-state index is 6.07. The SMILES string of the molecule is Cc1cccc(N2C(N)=NCC2c2ccc(Cl)cc2)c1. The van der Waals surface area contributed by atoms with E-state index in [4.69, 9.17) is 17.3 Å². The second-order valence-electron chi connectivity index (χ2n) is 4.98. The third-order valence-corrected chi connectivity index (χ3v) is 3.77. The fourth-order valence-corrected chi connectivity index (χ4v) is 2.65. The van der Waals surface area contributed by atoms with E-state index < -0.39 is 0 Å². The molecule has 0 fully saturated rings. The van der Waals surface area contributed by atoms with Gasteiger partial charge in [0.2, 0.25) is 0 Å². The molecule has 2 N–H and O–H groups in total. The van der Waals surface area contributed by atoms with Crippen molar-refractivity contribution >= 4 is 23.2 Å². The molecule has 0 bridgehead atoms. The van der Waals surface area contributed by atoms with Crippen LogP contribution < -0.4 is 10.6 Å². The Morgan fingerprint density at radius 2 is 1.95 bits per heavy atom. The summed E-state index contributed by atoms with van der Waals surface area (Å²) in [6, 6.07) is 16.3. The summed E-state index contributed by atoms with van der Waals surface area (Å²) >= 11 is 5.95. The lowest BCUT2D eigenvalue weighted by Gasteiger charge is -2.27. The molecule has 0 amide bonds. The van der Waals surface area contributed by atoms with E-state index in [1.807, 2.05) is 30.3 Å². The lowest BCUT2D eigenvalue weighted by molar-refractivity contribution is 0.768. The molecule has 20 heavy (non-hydrogen) atoms. The van der Waals surface area contributed by atoms with Crippen LogP contribution in [0.25, 0.3) is 0 Å². The highest BCUT2D eigenvalue weighted by atomic mass is 35.5. The second-order valence-corrected chi connectivity index (χ2v) is 5.41. The number of aryl methyl sites for hydroxylation is 1. The van der Waals surface area contributed by atoms with Gasteiger partial charge in [0.05, 0.1) is 12.6 Å². The topological polar surface area (TPSA) is 41.6 Å². The van der Waals surface area contributed by atoms with Crippen LogP contribution in [0.3, 0.4) is 0 Å². The lowest BCUT2D eigenvalue weighted by atomic mass is 10.1. The first-order valence-corrected chi connectivity index (χ1v) is 6.94. The Morgan fingerprint density at radius 3 is 2.65 bits per heavy atom. The van der Waals surface area contributed by atoms with Crippen LogP contribution in [0, 0.1) is 6.92 Å². The van der Waals surface area contributed by atoms with E-state index in [9.17, 15) is 0 Å². The van der Waals surface area contributed by atoms with Crippen LogP contribution in [0.2, 0.25) is 5.02 Å². The summed E-state index contributed by atoms with van der Waals surface area (Å²) in [6.07, 6.45) is 0. The Morgan fingerprint density at radius 1 is 1.20 bits per heavy atom. The van der Waals surface area contributed by atoms with Crippen molar-refractivity contribution in [3.05, 3.63) is 64.7 Å². The Bertz CT molecular complexity index is 649. The molecule has 2 aromatic rings. The molecular weight excluding hydrogens is 270 g/mol. The summed E-state index contributed by atoms with van der Waals surface area (Å²) in [6.45, 7) is 2.74. The molecule has 1 unspecified atom stereocenters. The minimum Gasteiger partial charge on any atom is -0.369 e. The molecule has 0 aliphatic carbocycles. The van der Waals surface area contributed by atoms with Gasteiger partial charge in [0, 0.05) is 10.7 Å². The van der Waals surface area contributed by atoms with Crippen LogP contribution in [0.15, 0.2) is 53.5 Å². The summed E-state index contributed by atoms with van der Waals surface area (Å²) in [5.41, 5.74) is 9.51. The van der Waals surface area contributed by atoms with E-state index in [0.717, 1.165) is 10.7 Å². The van der Waals surface area contributed by atoms with Gasteiger partial charge >= 0.3 is 0 Å². The fraction of sp³-hybridized carbons (Fsp3) is 0.188. The maximum absolute atomic E-state index is 6.07. The van der Waals surface area contributed by atoms with E-state index in [-0.39, 0.29) is 6.04 Å². The number of aliphatic imine (C=N–C) groups is 1. The first-order chi connectivity index (χ1) is 9.65. The second kappa shape index (κ2) is 5.17. The number of guanidine groups is 1. The van der Waals surface area contributed by atoms with Crippen LogP contribution in [-0.4, -0.2) is 12.5 Å². The van der Waals surface area contributed by atoms with Crippen molar-refractivity contribution in [1.82, 2.24) is 0 Å². The Balaban J connectivity index is 1.98. The summed E-state index contributed by atoms with van der Waals surface area (Å²) in [7, 11) is 0. The molecule has 3 nitrogen and oxygen atoms in total. The molecule has 0 saturated heterocycles. The first-order valence-electron chi connectivity index (χ1n) is 6.56. The standard InChI is InChI=1S/C16H16ClN3/c1-11-3-2-4-14(9-11)20-15(10-19-16(20)18)12-5-7-13(17)8-6-12/h2-9,15H,10H2,1H3,(H2,18,19). The number of halogens is 1. The third kappa shape index (κ3) is 2.37. The quantitative estimate of drug-likeness (QED) is 0.917. The van der Waals surface area contributed by atoms with Gasteiger partial charge in [-0.2, -0.15) is 0 Å². The Labute approximate surface area is 123 Å². The summed E-state index contributed by atoms with van der Waals surface area (Å²) in [5, 5.41) is 0.739. The van der Waals surface area contributed by atoms with E-state index in [1.165, 1.54) is 11.1 Å². The molecule has 1 aliphatic heterocycles. The van der Waals surface area contributed by atoms with Gasteiger partial charge in [0.1, 0.15) is 0 Å². The van der Waals surface area contributed by atoms with E-state index in [0.29, 0.717) is 12.5 Å². The Kier molecular flexibility index (Phi) is 3.36. The number of nitrogens with two attached hydrogens (primary N) is 1. The van der Waals surface area contributed by atoms with Crippen molar-refractivity contribution < 1.29 is 0 Å². The molecule has 0 aromatic heterocycles. The average molecular weight is 286 g/mol. The van der Waals surface area contributed by atoms with Gasteiger partial charge in [-0.3, -0.25) is 4.99 Å². The van der Waals surface area contributed by atoms with Gasteiger partial charge in [-0.15, -0.1) is 0 Å². The van der Waals surface area contributed by atoms with Crippen molar-refractivity contribution in [3.63, 3.8) is 0 Å². The summed E-state index contributed by atoms with van der Waals surface area (Å²) in [4.78, 5) is 6.47. The zero-order valence-corrected chi connectivity index (χ0v) is 12.0. The van der Waals surface area contributed by atoms with Crippen molar-refractivity contribution in [2.45, 2.75) is 13.0 Å². The fourth-order valence-electron chi connectivity index (χ4n) is 2.53. The number of nitrogens with zero attached hydrogens (tertiary/aromatic N) is 2. The lowest BCUT2D eigenvalue weighted by Crippen LogP contribution is -2.36. The highest BCUT2D eigenvalue weighted by Gasteiger charge is 2.28. The number of benzene rings is 2. The highest BCUT2D eigenvalue weighted by Crippen LogP contribution is 2.31. The minimum absolute atomic E-state index is 0.133. The first kappa shape index (κ1) is 13.0. The number of hydrogen-bond donors (Lipinski definition) is 1. The van der Waals surface area contributed by atoms with Gasteiger partial charge in [-0.05, 0) is 42.3 Å². The number of rotatable bonds is 2. The normalized spacial score (nSPS) is 18.2. The van der Waals surface area contributed by atoms with Crippen LogP contribution in [0.1, 0.15) is 17.2 Å². The molecule has 2 aromatic carbocycles. The molecular formula is C16H16ClN3. The molecule has 0 radical (unpaired) electrons. The van der Waals surface area contributed by atoms with E-state index in [1.54, 1.807) is 0 Å². The summed E-state index contributed by atoms with van der Waals surface area (Å²) in [5.74, 6) is 0.565. The number of anilines is 1. The van der Waals surface area contributed by atoms with Crippen LogP contribution in [0.5, 0.6) is 0 Å². The highest BCUT2D eigenvalue weighted by molar-refractivity contribution is 6.30. The van der Waals surface area contributed by atoms with Crippen LogP contribution in [-0.2, 0) is 0 Å². The third-order valence-electron chi connectivity index (χ3n) is 3.52. The molecule has 1 heterocycles. The van der Waals surface area contributed by atoms with Gasteiger partial charge < -0.3 is 10.6 Å². The zero-order chi connectivity index (χ0) is 14.1. The zero-order valence-electron chi connectivity index (χ0n) is 11.3. The monoisotopic (exact) mass is 285 g/mol. The van der Waals surface area contributed by atoms with Crippen LogP contribution >= 0.6 is 11.6 Å². The van der Waals surface area contributed by atoms with Crippen molar-refractivity contribution in [1.29, 1.82) is 0 Å². The van der Waals surface area contributed by atoms with Gasteiger partial charge in [-0.1, -0.05) is 35.9 Å². The minimum atomic E-state index is 0.133. The van der Waals surface area contributed by atoms with Gasteiger partial charge in [0.15, 0.2) is 5.96 Å². The molecule has 0 spiro atoms. The molecule has 4 heteroatoms. The average Bonchev–Trinajstić information content (AvgIpc) is 2.81. The van der Waals surface area contributed by atoms with Crippen molar-refractivity contribution in [2.24, 2.45) is 10.7 Å². The molecule has 1 aliphatic rings. The molecule has 1 atom stereocenters. The number of hydrogen-bond acceptors (Lipinski definition) is 3. The van der Waals surface area contributed by atoms with E-state index >= 15 is 0 Å². The van der Waals surface area contributed by atoms with Crippen molar-refractivity contribution in [2.75, 3.05) is 11.4 Å².